The van der Waals surface area contributed by atoms with Crippen molar-refractivity contribution in [2.45, 2.75) is 6.18 Å². The summed E-state index contributed by atoms with van der Waals surface area (Å²) in [5, 5.41) is -1.21. The Morgan fingerprint density at radius 2 is 1.78 bits per heavy atom. The van der Waals surface area contributed by atoms with Crippen molar-refractivity contribution in [3.63, 3.8) is 0 Å². The molecular formula is C10H6ClF4N3. The molecule has 1 aromatic carbocycles. The highest BCUT2D eigenvalue weighted by Gasteiger charge is 2.40. The van der Waals surface area contributed by atoms with E-state index in [-0.39, 0.29) is 10.8 Å². The van der Waals surface area contributed by atoms with E-state index in [1.54, 1.807) is 6.07 Å². The zero-order chi connectivity index (χ0) is 13.3. The normalized spacial score (nSPS) is 16.5. The van der Waals surface area contributed by atoms with Crippen LogP contribution in [-0.4, -0.2) is 16.7 Å². The van der Waals surface area contributed by atoms with Crippen molar-refractivity contribution in [1.29, 1.82) is 0 Å². The average Bonchev–Trinajstić information content (AvgIpc) is 2.32. The molecule has 0 fully saturated rings. The van der Waals surface area contributed by atoms with Gasteiger partial charge in [-0.05, 0) is 11.6 Å². The van der Waals surface area contributed by atoms with Crippen LogP contribution in [0.5, 0.6) is 0 Å². The minimum absolute atomic E-state index is 0.153. The lowest BCUT2D eigenvalue weighted by atomic mass is 10.1. The molecule has 0 aromatic heterocycles. The third-order valence-corrected chi connectivity index (χ3v) is 2.38. The second-order valence-electron chi connectivity index (χ2n) is 3.36. The molecule has 0 spiro atoms. The molecule has 0 amide bonds. The number of nitrogens with one attached hydrogen (secondary N) is 1. The monoisotopic (exact) mass is 279 g/mol. The van der Waals surface area contributed by atoms with Gasteiger partial charge >= 0.3 is 6.18 Å². The summed E-state index contributed by atoms with van der Waals surface area (Å²) in [7, 11) is 0. The molecule has 8 heteroatoms. The lowest BCUT2D eigenvalue weighted by Crippen LogP contribution is -2.38. The fraction of sp³-hybridized carbons (Fsp3) is 0.100. The van der Waals surface area contributed by atoms with E-state index in [0.717, 1.165) is 0 Å². The first-order valence-electron chi connectivity index (χ1n) is 4.73. The van der Waals surface area contributed by atoms with E-state index >= 15 is 0 Å². The van der Waals surface area contributed by atoms with E-state index in [4.69, 9.17) is 11.6 Å². The first-order valence-corrected chi connectivity index (χ1v) is 5.11. The molecule has 18 heavy (non-hydrogen) atoms. The molecule has 0 aliphatic carbocycles. The number of benzene rings is 1. The van der Waals surface area contributed by atoms with Crippen molar-refractivity contribution in [1.82, 2.24) is 10.7 Å². The Kier molecular flexibility index (Phi) is 3.16. The fourth-order valence-corrected chi connectivity index (χ4v) is 1.53. The number of alkyl halides is 3. The van der Waals surface area contributed by atoms with Crippen LogP contribution >= 0.6 is 11.6 Å². The molecule has 0 unspecified atom stereocenters. The molecule has 1 aliphatic heterocycles. The van der Waals surface area contributed by atoms with E-state index < -0.39 is 22.9 Å². The van der Waals surface area contributed by atoms with Crippen LogP contribution in [0.3, 0.4) is 0 Å². The first kappa shape index (κ1) is 12.7. The van der Waals surface area contributed by atoms with E-state index in [9.17, 15) is 17.7 Å². The average molecular weight is 280 g/mol. The lowest BCUT2D eigenvalue weighted by molar-refractivity contribution is -0.0934. The van der Waals surface area contributed by atoms with Crippen LogP contribution < -0.4 is 5.43 Å². The molecule has 1 aromatic rings. The van der Waals surface area contributed by atoms with Crippen molar-refractivity contribution >= 4 is 22.6 Å². The maximum absolute atomic E-state index is 13.1. The van der Waals surface area contributed by atoms with Gasteiger partial charge in [0.1, 0.15) is 0 Å². The molecule has 2 rings (SSSR count). The summed E-state index contributed by atoms with van der Waals surface area (Å²) < 4.78 is 51.5. The van der Waals surface area contributed by atoms with Gasteiger partial charge in [-0.2, -0.15) is 13.2 Å². The highest BCUT2D eigenvalue weighted by molar-refractivity contribution is 6.64. The summed E-state index contributed by atoms with van der Waals surface area (Å²) in [5.41, 5.74) is 0.294. The predicted octanol–water partition coefficient (Wildman–Crippen LogP) is 3.22. The number of hydrazine groups is 1. The second-order valence-corrected chi connectivity index (χ2v) is 3.70. The van der Waals surface area contributed by atoms with Gasteiger partial charge in [0.05, 0.1) is 5.70 Å². The smallest absolute Gasteiger partial charge is 0.265 e. The molecule has 0 saturated carbocycles. The largest absolute Gasteiger partial charge is 0.435 e. The SMILES string of the molecule is FN1NC(c2ccccc2)=C(C(F)(F)F)N=C1Cl. The first-order chi connectivity index (χ1) is 8.39. The van der Waals surface area contributed by atoms with Crippen LogP contribution in [0.2, 0.25) is 0 Å². The molecule has 1 N–H and O–H groups in total. The third kappa shape index (κ3) is 2.40. The second kappa shape index (κ2) is 4.49. The molecule has 0 saturated heterocycles. The molecule has 3 nitrogen and oxygen atoms in total. The standard InChI is InChI=1S/C10H6ClF4N3/c11-9-16-8(10(12,13)14)7(17-18(9)15)6-4-2-1-3-5-6/h1-5,17H. The van der Waals surface area contributed by atoms with Gasteiger partial charge in [0.15, 0.2) is 5.70 Å². The maximum Gasteiger partial charge on any atom is 0.435 e. The van der Waals surface area contributed by atoms with Crippen molar-refractivity contribution < 1.29 is 17.7 Å². The van der Waals surface area contributed by atoms with Crippen LogP contribution in [0.4, 0.5) is 17.7 Å². The van der Waals surface area contributed by atoms with Gasteiger partial charge in [0.25, 0.3) is 5.29 Å². The summed E-state index contributed by atoms with van der Waals surface area (Å²) in [6, 6.07) is 7.48. The lowest BCUT2D eigenvalue weighted by Gasteiger charge is -2.24. The number of halogens is 5. The van der Waals surface area contributed by atoms with E-state index in [2.05, 4.69) is 4.99 Å². The number of nitrogens with zero attached hydrogens (tertiary/aromatic N) is 2. The van der Waals surface area contributed by atoms with Crippen molar-refractivity contribution in [3.05, 3.63) is 41.6 Å². The summed E-state index contributed by atoms with van der Waals surface area (Å²) in [6.45, 7) is 0. The zero-order valence-corrected chi connectivity index (χ0v) is 9.43. The van der Waals surface area contributed by atoms with Gasteiger partial charge in [0, 0.05) is 5.56 Å². The summed E-state index contributed by atoms with van der Waals surface area (Å²) in [4.78, 5) is 3.02. The quantitative estimate of drug-likeness (QED) is 0.486. The fourth-order valence-electron chi connectivity index (χ4n) is 1.40. The minimum atomic E-state index is -4.74. The number of amidine groups is 1. The number of allylic oxidation sites excluding steroid dienone is 1. The molecular weight excluding hydrogens is 274 g/mol. The third-order valence-electron chi connectivity index (χ3n) is 2.14. The van der Waals surface area contributed by atoms with Gasteiger partial charge in [-0.1, -0.05) is 40.0 Å². The molecule has 0 bridgehead atoms. The van der Waals surface area contributed by atoms with Gasteiger partial charge < -0.3 is 0 Å². The highest BCUT2D eigenvalue weighted by atomic mass is 35.5. The minimum Gasteiger partial charge on any atom is -0.265 e. The van der Waals surface area contributed by atoms with Crippen LogP contribution in [-0.2, 0) is 0 Å². The maximum atomic E-state index is 13.1. The van der Waals surface area contributed by atoms with Crippen LogP contribution in [0.1, 0.15) is 5.56 Å². The Morgan fingerprint density at radius 1 is 1.17 bits per heavy atom. The number of hydrogen-bond acceptors (Lipinski definition) is 3. The highest BCUT2D eigenvalue weighted by Crippen LogP contribution is 2.34. The topological polar surface area (TPSA) is 27.6 Å². The van der Waals surface area contributed by atoms with Gasteiger partial charge in [-0.15, -0.1) is 0 Å². The van der Waals surface area contributed by atoms with Crippen LogP contribution in [0.25, 0.3) is 5.70 Å². The summed E-state index contributed by atoms with van der Waals surface area (Å²) in [6.07, 6.45) is -4.74. The Bertz CT molecular complexity index is 510. The van der Waals surface area contributed by atoms with E-state index in [0.29, 0.717) is 0 Å². The van der Waals surface area contributed by atoms with Crippen molar-refractivity contribution in [3.8, 4) is 0 Å². The Labute approximate surface area is 104 Å². The van der Waals surface area contributed by atoms with Crippen molar-refractivity contribution in [2.75, 3.05) is 0 Å². The number of hydrogen-bond donors (Lipinski definition) is 1. The van der Waals surface area contributed by atoms with Gasteiger partial charge in [0.2, 0.25) is 0 Å². The summed E-state index contributed by atoms with van der Waals surface area (Å²) in [5.74, 6) is 0. The van der Waals surface area contributed by atoms with Gasteiger partial charge in [-0.3, -0.25) is 5.43 Å². The Hall–Kier alpha value is -1.76. The number of rotatable bonds is 1. The Balaban J connectivity index is 2.57. The molecule has 1 aliphatic rings. The van der Waals surface area contributed by atoms with Gasteiger partial charge in [-0.25, -0.2) is 4.99 Å². The summed E-state index contributed by atoms with van der Waals surface area (Å²) >= 11 is 5.22. The predicted molar refractivity (Wildman–Crippen MR) is 58.8 cm³/mol. The van der Waals surface area contributed by atoms with E-state index in [1.165, 1.54) is 24.3 Å². The molecule has 0 atom stereocenters. The molecule has 96 valence electrons. The van der Waals surface area contributed by atoms with Crippen LogP contribution in [0, 0.1) is 0 Å². The van der Waals surface area contributed by atoms with Crippen LogP contribution in [0.15, 0.2) is 41.0 Å². The zero-order valence-electron chi connectivity index (χ0n) is 8.67. The molecule has 1 heterocycles. The van der Waals surface area contributed by atoms with E-state index in [1.807, 2.05) is 5.43 Å². The Morgan fingerprint density at radius 3 is 2.33 bits per heavy atom. The van der Waals surface area contributed by atoms with Crippen molar-refractivity contribution in [2.24, 2.45) is 4.99 Å². The molecule has 0 radical (unpaired) electrons. The number of aliphatic imine (C=N–C) groups is 1.